The Labute approximate surface area is 191 Å². The summed E-state index contributed by atoms with van der Waals surface area (Å²) in [6.07, 6.45) is 3.93. The van der Waals surface area contributed by atoms with Gasteiger partial charge >= 0.3 is 0 Å². The third-order valence-corrected chi connectivity index (χ3v) is 6.84. The van der Waals surface area contributed by atoms with Crippen LogP contribution in [0.4, 0.5) is 0 Å². The number of nitrogens with one attached hydrogen (secondary N) is 1. The average Bonchev–Trinajstić information content (AvgIpc) is 3.56. The molecule has 0 saturated carbocycles. The van der Waals surface area contributed by atoms with E-state index in [0.29, 0.717) is 25.1 Å². The van der Waals surface area contributed by atoms with Gasteiger partial charge in [0, 0.05) is 18.8 Å². The number of rotatable bonds is 7. The molecule has 1 fully saturated rings. The number of amides is 2. The summed E-state index contributed by atoms with van der Waals surface area (Å²) >= 11 is 1.60. The van der Waals surface area contributed by atoms with E-state index in [0.717, 1.165) is 28.1 Å². The van der Waals surface area contributed by atoms with E-state index in [9.17, 15) is 9.59 Å². The molecule has 1 N–H and O–H groups in total. The van der Waals surface area contributed by atoms with Crippen LogP contribution in [0.15, 0.2) is 46.6 Å². The first-order chi connectivity index (χ1) is 15.5. The van der Waals surface area contributed by atoms with E-state index in [4.69, 9.17) is 4.52 Å². The molecule has 3 atom stereocenters. The van der Waals surface area contributed by atoms with Crippen LogP contribution in [0.3, 0.4) is 0 Å². The van der Waals surface area contributed by atoms with Crippen LogP contribution >= 0.6 is 11.3 Å². The van der Waals surface area contributed by atoms with Gasteiger partial charge in [-0.1, -0.05) is 36.3 Å². The van der Waals surface area contributed by atoms with Crippen LogP contribution in [0.25, 0.3) is 10.4 Å². The average molecular weight is 453 g/mol. The van der Waals surface area contributed by atoms with Crippen LogP contribution in [0.2, 0.25) is 0 Å². The van der Waals surface area contributed by atoms with Crippen molar-refractivity contribution in [2.45, 2.75) is 58.0 Å². The molecule has 168 valence electrons. The smallest absolute Gasteiger partial charge is 0.243 e. The normalized spacial score (nSPS) is 17.8. The van der Waals surface area contributed by atoms with Crippen LogP contribution in [-0.4, -0.2) is 39.4 Å². The van der Waals surface area contributed by atoms with Gasteiger partial charge in [0.05, 0.1) is 28.0 Å². The summed E-state index contributed by atoms with van der Waals surface area (Å²) in [5.41, 5.74) is 4.69. The van der Waals surface area contributed by atoms with Crippen molar-refractivity contribution in [1.29, 1.82) is 0 Å². The molecule has 0 spiro atoms. The van der Waals surface area contributed by atoms with Crippen molar-refractivity contribution in [3.63, 3.8) is 0 Å². The Bertz CT molecular complexity index is 1060. The Kier molecular flexibility index (Phi) is 6.69. The number of carbonyl (C=O) groups is 2. The fourth-order valence-electron chi connectivity index (χ4n) is 4.24. The van der Waals surface area contributed by atoms with Crippen molar-refractivity contribution in [2.75, 3.05) is 6.54 Å². The Morgan fingerprint density at radius 2 is 2.09 bits per heavy atom. The summed E-state index contributed by atoms with van der Waals surface area (Å²) in [6, 6.07) is 9.32. The lowest BCUT2D eigenvalue weighted by molar-refractivity contribution is -0.140. The van der Waals surface area contributed by atoms with Gasteiger partial charge in [-0.25, -0.2) is 0 Å². The molecule has 4 rings (SSSR count). The minimum Gasteiger partial charge on any atom is -0.360 e. The maximum absolute atomic E-state index is 13.3. The van der Waals surface area contributed by atoms with Crippen molar-refractivity contribution >= 4 is 23.2 Å². The fourth-order valence-corrected chi connectivity index (χ4v) is 4.86. The van der Waals surface area contributed by atoms with Gasteiger partial charge in [0.15, 0.2) is 0 Å². The van der Waals surface area contributed by atoms with E-state index < -0.39 is 12.0 Å². The van der Waals surface area contributed by atoms with E-state index in [-0.39, 0.29) is 17.9 Å². The van der Waals surface area contributed by atoms with Gasteiger partial charge in [-0.3, -0.25) is 14.6 Å². The maximum Gasteiger partial charge on any atom is 0.243 e. The molecule has 1 unspecified atom stereocenters. The Morgan fingerprint density at radius 3 is 2.72 bits per heavy atom. The number of nitrogens with zero attached hydrogens (tertiary/aromatic N) is 3. The fraction of sp³-hybridized carbons (Fsp3) is 0.417. The molecule has 32 heavy (non-hydrogen) atoms. The van der Waals surface area contributed by atoms with Gasteiger partial charge < -0.3 is 14.7 Å². The van der Waals surface area contributed by atoms with Crippen LogP contribution in [-0.2, 0) is 9.59 Å². The number of carbonyl (C=O) groups excluding carboxylic acids is 2. The first-order valence-corrected chi connectivity index (χ1v) is 11.9. The van der Waals surface area contributed by atoms with Crippen molar-refractivity contribution in [1.82, 2.24) is 20.4 Å². The lowest BCUT2D eigenvalue weighted by atomic mass is 10.0. The third-order valence-electron chi connectivity index (χ3n) is 6.02. The van der Waals surface area contributed by atoms with E-state index >= 15 is 0 Å². The van der Waals surface area contributed by atoms with E-state index in [1.54, 1.807) is 22.3 Å². The molecule has 3 aromatic rings. The van der Waals surface area contributed by atoms with Crippen molar-refractivity contribution in [3.05, 3.63) is 59.1 Å². The van der Waals surface area contributed by atoms with Crippen molar-refractivity contribution in [3.8, 4) is 10.4 Å². The maximum atomic E-state index is 13.3. The monoisotopic (exact) mass is 452 g/mol. The van der Waals surface area contributed by atoms with Crippen LogP contribution in [0.1, 0.15) is 62.1 Å². The minimum atomic E-state index is -0.459. The predicted molar refractivity (Wildman–Crippen MR) is 123 cm³/mol. The summed E-state index contributed by atoms with van der Waals surface area (Å²) < 4.78 is 5.35. The molecule has 0 radical (unpaired) electrons. The van der Waals surface area contributed by atoms with Gasteiger partial charge in [-0.2, -0.15) is 0 Å². The molecule has 1 saturated heterocycles. The van der Waals surface area contributed by atoms with Gasteiger partial charge in [-0.15, -0.1) is 11.3 Å². The van der Waals surface area contributed by atoms with E-state index in [1.807, 2.05) is 56.7 Å². The molecular formula is C24H28N4O3S. The highest BCUT2D eigenvalue weighted by Crippen LogP contribution is 2.29. The highest BCUT2D eigenvalue weighted by Gasteiger charge is 2.38. The molecular weight excluding hydrogens is 424 g/mol. The summed E-state index contributed by atoms with van der Waals surface area (Å²) in [7, 11) is 0. The lowest BCUT2D eigenvalue weighted by Crippen LogP contribution is -2.47. The summed E-state index contributed by atoms with van der Waals surface area (Å²) in [6.45, 7) is 6.33. The first kappa shape index (κ1) is 22.2. The van der Waals surface area contributed by atoms with Gasteiger partial charge in [0.2, 0.25) is 11.8 Å². The summed E-state index contributed by atoms with van der Waals surface area (Å²) in [5.74, 6) is -0.0295. The molecule has 7 nitrogen and oxygen atoms in total. The lowest BCUT2D eigenvalue weighted by Gasteiger charge is -2.28. The van der Waals surface area contributed by atoms with E-state index in [1.165, 1.54) is 0 Å². The van der Waals surface area contributed by atoms with Crippen molar-refractivity contribution < 1.29 is 14.1 Å². The second-order valence-corrected chi connectivity index (χ2v) is 9.13. The number of likely N-dealkylation sites (tertiary alicyclic amines) is 1. The van der Waals surface area contributed by atoms with Gasteiger partial charge in [0.1, 0.15) is 11.8 Å². The Balaban J connectivity index is 1.42. The molecule has 2 aromatic heterocycles. The SMILES string of the molecule is CC[C@@H](C(=O)N1CCC[C@H]1C(=O)NC(C)c1ccc(-c2cncs2)cc1)c1cc(C)no1. The molecule has 1 aliphatic heterocycles. The number of benzene rings is 1. The van der Waals surface area contributed by atoms with Crippen LogP contribution in [0, 0.1) is 6.92 Å². The number of aromatic nitrogens is 2. The highest BCUT2D eigenvalue weighted by molar-refractivity contribution is 7.13. The standard InChI is InChI=1S/C24H28N4O3S/c1-4-19(21-12-15(2)27-31-21)24(30)28-11-5-6-20(28)23(29)26-16(3)17-7-9-18(10-8-17)22-13-25-14-32-22/h7-10,12-14,16,19-20H,4-6,11H2,1-3H3,(H,26,29)/t16?,19-,20+/m1/s1. The molecule has 8 heteroatoms. The second-order valence-electron chi connectivity index (χ2n) is 8.24. The topological polar surface area (TPSA) is 88.3 Å². The number of hydrogen-bond acceptors (Lipinski definition) is 6. The number of thiazole rings is 1. The molecule has 2 amide bonds. The Hall–Kier alpha value is -3.00. The van der Waals surface area contributed by atoms with Crippen LogP contribution < -0.4 is 5.32 Å². The zero-order valence-electron chi connectivity index (χ0n) is 18.6. The molecule has 3 heterocycles. The summed E-state index contributed by atoms with van der Waals surface area (Å²) in [4.78, 5) is 33.3. The van der Waals surface area contributed by atoms with Gasteiger partial charge in [0.25, 0.3) is 0 Å². The molecule has 0 bridgehead atoms. The predicted octanol–water partition coefficient (Wildman–Crippen LogP) is 4.47. The van der Waals surface area contributed by atoms with E-state index in [2.05, 4.69) is 15.5 Å². The third kappa shape index (κ3) is 4.60. The quantitative estimate of drug-likeness (QED) is 0.571. The second kappa shape index (κ2) is 9.65. The molecule has 1 aromatic carbocycles. The summed E-state index contributed by atoms with van der Waals surface area (Å²) in [5, 5.41) is 7.02. The molecule has 0 aliphatic carbocycles. The largest absolute Gasteiger partial charge is 0.360 e. The van der Waals surface area contributed by atoms with Gasteiger partial charge in [-0.05, 0) is 44.2 Å². The molecule has 1 aliphatic rings. The van der Waals surface area contributed by atoms with Crippen molar-refractivity contribution in [2.24, 2.45) is 0 Å². The Morgan fingerprint density at radius 1 is 1.31 bits per heavy atom. The zero-order chi connectivity index (χ0) is 22.7. The number of aryl methyl sites for hydroxylation is 1. The minimum absolute atomic E-state index is 0.0668. The highest BCUT2D eigenvalue weighted by atomic mass is 32.1. The number of hydrogen-bond donors (Lipinski definition) is 1. The first-order valence-electron chi connectivity index (χ1n) is 11.0. The zero-order valence-corrected chi connectivity index (χ0v) is 19.4. The van der Waals surface area contributed by atoms with Crippen LogP contribution in [0.5, 0.6) is 0 Å².